The van der Waals surface area contributed by atoms with E-state index in [0.717, 1.165) is 12.2 Å². The molecule has 0 atom stereocenters. The van der Waals surface area contributed by atoms with Gasteiger partial charge in [-0.25, -0.2) is 4.99 Å². The fourth-order valence-electron chi connectivity index (χ4n) is 3.22. The normalized spacial score (nSPS) is 11.0. The molecule has 6 nitrogen and oxygen atoms in total. The zero-order valence-corrected chi connectivity index (χ0v) is 20.9. The van der Waals surface area contributed by atoms with E-state index in [9.17, 15) is 4.79 Å². The van der Waals surface area contributed by atoms with E-state index in [1.165, 1.54) is 11.1 Å². The second kappa shape index (κ2) is 13.6. The third-order valence-electron chi connectivity index (χ3n) is 4.99. The van der Waals surface area contributed by atoms with Crippen molar-refractivity contribution in [2.75, 3.05) is 33.7 Å². The van der Waals surface area contributed by atoms with Crippen LogP contribution in [0.3, 0.4) is 0 Å². The smallest absolute Gasteiger partial charge is 0.243 e. The molecule has 32 heavy (non-hydrogen) atoms. The lowest BCUT2D eigenvalue weighted by Crippen LogP contribution is -2.41. The van der Waals surface area contributed by atoms with Gasteiger partial charge in [0, 0.05) is 39.5 Å². The molecule has 0 fully saturated rings. The van der Waals surface area contributed by atoms with Gasteiger partial charge < -0.3 is 20.0 Å². The van der Waals surface area contributed by atoms with E-state index in [4.69, 9.17) is 4.42 Å². The first kappa shape index (κ1) is 25.5. The maximum atomic E-state index is 12.0. The molecule has 3 rings (SSSR count). The van der Waals surface area contributed by atoms with Gasteiger partial charge in [-0.1, -0.05) is 60.7 Å². The number of furan rings is 1. The molecule has 1 heterocycles. The summed E-state index contributed by atoms with van der Waals surface area (Å²) in [5.41, 5.74) is 2.45. The van der Waals surface area contributed by atoms with Gasteiger partial charge in [-0.2, -0.15) is 0 Å². The quantitative estimate of drug-likeness (QED) is 0.243. The van der Waals surface area contributed by atoms with Crippen molar-refractivity contribution in [2.45, 2.75) is 12.3 Å². The van der Waals surface area contributed by atoms with Gasteiger partial charge in [0.05, 0.1) is 6.26 Å². The maximum absolute atomic E-state index is 12.0. The average Bonchev–Trinajstić information content (AvgIpc) is 3.32. The summed E-state index contributed by atoms with van der Waals surface area (Å²) < 4.78 is 5.40. The second-order valence-corrected chi connectivity index (χ2v) is 7.46. The minimum atomic E-state index is -0.0465. The van der Waals surface area contributed by atoms with Crippen molar-refractivity contribution in [3.05, 3.63) is 95.9 Å². The highest BCUT2D eigenvalue weighted by Crippen LogP contribution is 2.23. The molecule has 0 saturated carbocycles. The molecular formula is C25H31IN4O2. The van der Waals surface area contributed by atoms with Gasteiger partial charge in [-0.15, -0.1) is 24.0 Å². The first-order chi connectivity index (χ1) is 15.1. The number of halogens is 1. The van der Waals surface area contributed by atoms with Crippen LogP contribution < -0.4 is 10.6 Å². The van der Waals surface area contributed by atoms with E-state index in [-0.39, 0.29) is 42.3 Å². The molecule has 1 aromatic heterocycles. The van der Waals surface area contributed by atoms with Gasteiger partial charge in [-0.05, 0) is 23.3 Å². The van der Waals surface area contributed by atoms with Gasteiger partial charge in [0.1, 0.15) is 12.3 Å². The Morgan fingerprint density at radius 2 is 1.56 bits per heavy atom. The van der Waals surface area contributed by atoms with Crippen LogP contribution in [0.2, 0.25) is 0 Å². The minimum absolute atomic E-state index is 0. The minimum Gasteiger partial charge on any atom is -0.469 e. The highest BCUT2D eigenvalue weighted by molar-refractivity contribution is 14.0. The molecule has 0 radical (unpaired) electrons. The lowest BCUT2D eigenvalue weighted by Gasteiger charge is -2.21. The number of hydrogen-bond donors (Lipinski definition) is 2. The lowest BCUT2D eigenvalue weighted by atomic mass is 9.91. The molecule has 0 aliphatic heterocycles. The molecule has 0 unspecified atom stereocenters. The summed E-state index contributed by atoms with van der Waals surface area (Å²) in [6.45, 7) is 1.39. The van der Waals surface area contributed by atoms with Crippen LogP contribution in [0.1, 0.15) is 22.8 Å². The summed E-state index contributed by atoms with van der Waals surface area (Å²) in [5.74, 6) is 1.63. The molecular weight excluding hydrogens is 515 g/mol. The van der Waals surface area contributed by atoms with Crippen molar-refractivity contribution in [1.29, 1.82) is 0 Å². The molecule has 170 valence electrons. The monoisotopic (exact) mass is 546 g/mol. The number of amides is 1. The number of rotatable bonds is 9. The van der Waals surface area contributed by atoms with Crippen LogP contribution in [0.25, 0.3) is 0 Å². The molecule has 1 amide bonds. The molecule has 7 heteroatoms. The van der Waals surface area contributed by atoms with Crippen LogP contribution >= 0.6 is 24.0 Å². The molecule has 3 aromatic rings. The summed E-state index contributed by atoms with van der Waals surface area (Å²) in [4.78, 5) is 18.1. The molecule has 0 aliphatic rings. The Labute approximate surface area is 207 Å². The van der Waals surface area contributed by atoms with Gasteiger partial charge in [0.15, 0.2) is 5.96 Å². The van der Waals surface area contributed by atoms with E-state index < -0.39 is 0 Å². The Morgan fingerprint density at radius 3 is 2.09 bits per heavy atom. The Kier molecular flexibility index (Phi) is 10.8. The molecule has 0 saturated heterocycles. The molecule has 2 aromatic carbocycles. The fourth-order valence-corrected chi connectivity index (χ4v) is 3.22. The Bertz CT molecular complexity index is 905. The third kappa shape index (κ3) is 8.03. The summed E-state index contributed by atoms with van der Waals surface area (Å²) in [5, 5.41) is 6.75. The van der Waals surface area contributed by atoms with Crippen LogP contribution in [0, 0.1) is 0 Å². The zero-order valence-electron chi connectivity index (χ0n) is 18.5. The Balaban J connectivity index is 0.00000363. The fraction of sp³-hybridized carbons (Fsp3) is 0.280. The topological polar surface area (TPSA) is 69.9 Å². The molecule has 0 bridgehead atoms. The first-order valence-corrected chi connectivity index (χ1v) is 10.5. The number of nitrogens with zero attached hydrogens (tertiary/aromatic N) is 2. The number of aliphatic imine (C=N–C) groups is 1. The number of likely N-dealkylation sites (N-methyl/N-ethyl adjacent to an activating group) is 1. The van der Waals surface area contributed by atoms with Crippen molar-refractivity contribution in [2.24, 2.45) is 4.99 Å². The van der Waals surface area contributed by atoms with Crippen LogP contribution in [0.15, 0.2) is 88.5 Å². The van der Waals surface area contributed by atoms with Gasteiger partial charge >= 0.3 is 0 Å². The summed E-state index contributed by atoms with van der Waals surface area (Å²) in [6.07, 6.45) is 2.40. The standard InChI is InChI=1S/C25H30N4O2.HI/c1-29(2)24(30)19-28-25(26-16-15-22-14-9-17-31-22)27-18-23(20-10-5-3-6-11-20)21-12-7-4-8-13-21;/h3-14,17,23H,15-16,18-19H2,1-2H3,(H2,26,27,28);1H. The van der Waals surface area contributed by atoms with E-state index >= 15 is 0 Å². The second-order valence-electron chi connectivity index (χ2n) is 7.46. The van der Waals surface area contributed by atoms with Crippen LogP contribution in [0.4, 0.5) is 0 Å². The number of hydrogen-bond acceptors (Lipinski definition) is 3. The van der Waals surface area contributed by atoms with Crippen molar-refractivity contribution < 1.29 is 9.21 Å². The number of benzene rings is 2. The van der Waals surface area contributed by atoms with Crippen molar-refractivity contribution in [3.63, 3.8) is 0 Å². The number of carbonyl (C=O) groups excluding carboxylic acids is 1. The Morgan fingerprint density at radius 1 is 0.938 bits per heavy atom. The maximum Gasteiger partial charge on any atom is 0.243 e. The van der Waals surface area contributed by atoms with Gasteiger partial charge in [0.25, 0.3) is 0 Å². The van der Waals surface area contributed by atoms with Crippen LogP contribution in [-0.2, 0) is 11.2 Å². The number of nitrogens with one attached hydrogen (secondary N) is 2. The van der Waals surface area contributed by atoms with E-state index in [1.807, 2.05) is 24.3 Å². The molecule has 0 spiro atoms. The largest absolute Gasteiger partial charge is 0.469 e. The predicted octanol–water partition coefficient (Wildman–Crippen LogP) is 3.90. The van der Waals surface area contributed by atoms with Crippen LogP contribution in [-0.4, -0.2) is 50.5 Å². The van der Waals surface area contributed by atoms with Crippen molar-refractivity contribution >= 4 is 35.8 Å². The lowest BCUT2D eigenvalue weighted by molar-refractivity contribution is -0.127. The third-order valence-corrected chi connectivity index (χ3v) is 4.99. The van der Waals surface area contributed by atoms with E-state index in [2.05, 4.69) is 64.2 Å². The SMILES string of the molecule is CN(C)C(=O)CN=C(NCCc1ccco1)NCC(c1ccccc1)c1ccccc1.I. The van der Waals surface area contributed by atoms with E-state index in [0.29, 0.717) is 19.0 Å². The van der Waals surface area contributed by atoms with Crippen molar-refractivity contribution in [1.82, 2.24) is 15.5 Å². The summed E-state index contributed by atoms with van der Waals surface area (Å²) in [6, 6.07) is 24.6. The van der Waals surface area contributed by atoms with Crippen LogP contribution in [0.5, 0.6) is 0 Å². The first-order valence-electron chi connectivity index (χ1n) is 10.5. The summed E-state index contributed by atoms with van der Waals surface area (Å²) >= 11 is 0. The predicted molar refractivity (Wildman–Crippen MR) is 140 cm³/mol. The highest BCUT2D eigenvalue weighted by Gasteiger charge is 2.15. The zero-order chi connectivity index (χ0) is 21.9. The van der Waals surface area contributed by atoms with Gasteiger partial charge in [0.2, 0.25) is 5.91 Å². The van der Waals surface area contributed by atoms with Gasteiger partial charge in [-0.3, -0.25) is 4.79 Å². The molecule has 2 N–H and O–H groups in total. The highest BCUT2D eigenvalue weighted by atomic mass is 127. The number of guanidine groups is 1. The van der Waals surface area contributed by atoms with Crippen molar-refractivity contribution in [3.8, 4) is 0 Å². The Hall–Kier alpha value is -2.81. The average molecular weight is 546 g/mol. The van der Waals surface area contributed by atoms with E-state index in [1.54, 1.807) is 25.3 Å². The summed E-state index contributed by atoms with van der Waals surface area (Å²) in [7, 11) is 3.46. The molecule has 0 aliphatic carbocycles. The number of carbonyl (C=O) groups is 1.